The molecule has 76 valence electrons. The van der Waals surface area contributed by atoms with Gasteiger partial charge in [-0.25, -0.2) is 4.39 Å². The Kier molecular flexibility index (Phi) is 2.20. The van der Waals surface area contributed by atoms with Crippen molar-refractivity contribution in [3.05, 3.63) is 33.0 Å². The molecule has 1 nitrogen and oxygen atoms in total. The highest BCUT2D eigenvalue weighted by Crippen LogP contribution is 2.47. The molecule has 2 rings (SSSR count). The van der Waals surface area contributed by atoms with Crippen LogP contribution >= 0.6 is 15.9 Å². The summed E-state index contributed by atoms with van der Waals surface area (Å²) in [7, 11) is 0. The zero-order valence-electron chi connectivity index (χ0n) is 8.19. The molecule has 0 heterocycles. The van der Waals surface area contributed by atoms with Gasteiger partial charge >= 0.3 is 0 Å². The van der Waals surface area contributed by atoms with Gasteiger partial charge in [0.2, 0.25) is 0 Å². The molecule has 14 heavy (non-hydrogen) atoms. The van der Waals surface area contributed by atoms with Crippen LogP contribution in [0.15, 0.2) is 10.5 Å². The Bertz CT molecular complexity index is 397. The molecule has 1 aromatic carbocycles. The summed E-state index contributed by atoms with van der Waals surface area (Å²) in [4.78, 5) is 0. The van der Waals surface area contributed by atoms with Gasteiger partial charge in [-0.3, -0.25) is 0 Å². The summed E-state index contributed by atoms with van der Waals surface area (Å²) in [5.41, 5.74) is 1.39. The fourth-order valence-corrected chi connectivity index (χ4v) is 2.13. The van der Waals surface area contributed by atoms with Crippen LogP contribution in [0.4, 0.5) is 4.39 Å². The van der Waals surface area contributed by atoms with Crippen molar-refractivity contribution < 1.29 is 9.50 Å². The number of halogens is 2. The van der Waals surface area contributed by atoms with Gasteiger partial charge in [-0.15, -0.1) is 0 Å². The van der Waals surface area contributed by atoms with Gasteiger partial charge in [0.25, 0.3) is 0 Å². The molecule has 1 aromatic rings. The van der Waals surface area contributed by atoms with Gasteiger partial charge < -0.3 is 5.11 Å². The van der Waals surface area contributed by atoms with Gasteiger partial charge in [-0.05, 0) is 59.3 Å². The Morgan fingerprint density at radius 2 is 2.00 bits per heavy atom. The largest absolute Gasteiger partial charge is 0.385 e. The second kappa shape index (κ2) is 3.04. The fraction of sp³-hybridized carbons (Fsp3) is 0.455. The van der Waals surface area contributed by atoms with E-state index in [4.69, 9.17) is 0 Å². The SMILES string of the molecule is Cc1cc(C2(O)CC2)c(C)c(F)c1Br. The van der Waals surface area contributed by atoms with Gasteiger partial charge in [0.15, 0.2) is 0 Å². The molecule has 1 aliphatic carbocycles. The number of rotatable bonds is 1. The van der Waals surface area contributed by atoms with E-state index in [2.05, 4.69) is 15.9 Å². The number of hydrogen-bond acceptors (Lipinski definition) is 1. The van der Waals surface area contributed by atoms with E-state index in [0.717, 1.165) is 24.0 Å². The summed E-state index contributed by atoms with van der Waals surface area (Å²) in [5.74, 6) is -0.250. The normalized spacial score (nSPS) is 18.4. The second-order valence-corrected chi connectivity index (χ2v) is 4.82. The van der Waals surface area contributed by atoms with Crippen LogP contribution in [0.3, 0.4) is 0 Å². The zero-order chi connectivity index (χ0) is 10.5. The van der Waals surface area contributed by atoms with Gasteiger partial charge in [-0.2, -0.15) is 0 Å². The molecular formula is C11H12BrFO. The number of hydrogen-bond donors (Lipinski definition) is 1. The first kappa shape index (κ1) is 10.1. The quantitative estimate of drug-likeness (QED) is 0.821. The van der Waals surface area contributed by atoms with E-state index in [1.807, 2.05) is 13.0 Å². The highest BCUT2D eigenvalue weighted by molar-refractivity contribution is 9.10. The molecule has 0 aromatic heterocycles. The lowest BCUT2D eigenvalue weighted by Gasteiger charge is -2.15. The molecule has 0 atom stereocenters. The monoisotopic (exact) mass is 258 g/mol. The van der Waals surface area contributed by atoms with Crippen molar-refractivity contribution in [1.29, 1.82) is 0 Å². The number of aryl methyl sites for hydroxylation is 1. The topological polar surface area (TPSA) is 20.2 Å². The maximum absolute atomic E-state index is 13.7. The highest BCUT2D eigenvalue weighted by Gasteiger charge is 2.43. The second-order valence-electron chi connectivity index (χ2n) is 4.03. The van der Waals surface area contributed by atoms with E-state index < -0.39 is 5.60 Å². The van der Waals surface area contributed by atoms with Crippen LogP contribution in [-0.4, -0.2) is 5.11 Å². The first-order chi connectivity index (χ1) is 6.46. The molecule has 0 saturated heterocycles. The molecule has 0 spiro atoms. The van der Waals surface area contributed by atoms with Crippen LogP contribution in [0.2, 0.25) is 0 Å². The summed E-state index contributed by atoms with van der Waals surface area (Å²) in [6, 6.07) is 1.87. The lowest BCUT2D eigenvalue weighted by Crippen LogP contribution is -2.09. The Hall–Kier alpha value is -0.410. The van der Waals surface area contributed by atoms with E-state index in [-0.39, 0.29) is 5.82 Å². The average Bonchev–Trinajstić information content (AvgIpc) is 2.87. The summed E-state index contributed by atoms with van der Waals surface area (Å²) in [5, 5.41) is 9.94. The van der Waals surface area contributed by atoms with Gasteiger partial charge in [-0.1, -0.05) is 6.07 Å². The highest BCUT2D eigenvalue weighted by atomic mass is 79.9. The van der Waals surface area contributed by atoms with E-state index in [1.54, 1.807) is 6.92 Å². The lowest BCUT2D eigenvalue weighted by atomic mass is 9.99. The molecule has 1 N–H and O–H groups in total. The van der Waals surface area contributed by atoms with Crippen LogP contribution in [0.5, 0.6) is 0 Å². The standard InChI is InChI=1S/C11H12BrFO/c1-6-5-8(11(14)3-4-11)7(2)10(13)9(6)12/h5,14H,3-4H2,1-2H3. The molecular weight excluding hydrogens is 247 g/mol. The molecule has 0 amide bonds. The van der Waals surface area contributed by atoms with Crippen molar-refractivity contribution in [2.24, 2.45) is 0 Å². The van der Waals surface area contributed by atoms with Crippen molar-refractivity contribution in [3.8, 4) is 0 Å². The minimum atomic E-state index is -0.754. The minimum Gasteiger partial charge on any atom is -0.385 e. The third-order valence-electron chi connectivity index (χ3n) is 2.86. The van der Waals surface area contributed by atoms with Gasteiger partial charge in [0, 0.05) is 0 Å². The Morgan fingerprint density at radius 3 is 2.50 bits per heavy atom. The van der Waals surface area contributed by atoms with E-state index in [1.165, 1.54) is 0 Å². The lowest BCUT2D eigenvalue weighted by molar-refractivity contribution is 0.150. The van der Waals surface area contributed by atoms with Crippen LogP contribution in [0.1, 0.15) is 29.5 Å². The fourth-order valence-electron chi connectivity index (χ4n) is 1.72. The maximum Gasteiger partial charge on any atom is 0.140 e. The molecule has 0 radical (unpaired) electrons. The van der Waals surface area contributed by atoms with E-state index >= 15 is 0 Å². The summed E-state index contributed by atoms with van der Waals surface area (Å²) in [6.07, 6.45) is 1.49. The van der Waals surface area contributed by atoms with Crippen LogP contribution < -0.4 is 0 Å². The van der Waals surface area contributed by atoms with Crippen molar-refractivity contribution in [3.63, 3.8) is 0 Å². The Labute approximate surface area is 91.1 Å². The molecule has 1 aliphatic rings. The number of benzene rings is 1. The molecule has 1 saturated carbocycles. The summed E-state index contributed by atoms with van der Waals surface area (Å²) < 4.78 is 14.2. The predicted octanol–water partition coefficient (Wildman–Crippen LogP) is 3.19. The summed E-state index contributed by atoms with van der Waals surface area (Å²) in [6.45, 7) is 3.55. The van der Waals surface area contributed by atoms with E-state index in [9.17, 15) is 9.50 Å². The third kappa shape index (κ3) is 1.39. The first-order valence-electron chi connectivity index (χ1n) is 4.64. The van der Waals surface area contributed by atoms with Crippen LogP contribution in [0.25, 0.3) is 0 Å². The van der Waals surface area contributed by atoms with Gasteiger partial charge in [0.05, 0.1) is 10.1 Å². The first-order valence-corrected chi connectivity index (χ1v) is 5.43. The number of aliphatic hydroxyl groups is 1. The van der Waals surface area contributed by atoms with Crippen molar-refractivity contribution in [2.45, 2.75) is 32.3 Å². The van der Waals surface area contributed by atoms with Crippen LogP contribution in [0, 0.1) is 19.7 Å². The zero-order valence-corrected chi connectivity index (χ0v) is 9.78. The Balaban J connectivity index is 2.62. The van der Waals surface area contributed by atoms with Crippen molar-refractivity contribution in [1.82, 2.24) is 0 Å². The van der Waals surface area contributed by atoms with Crippen molar-refractivity contribution >= 4 is 15.9 Å². The maximum atomic E-state index is 13.7. The van der Waals surface area contributed by atoms with Crippen molar-refractivity contribution in [2.75, 3.05) is 0 Å². The Morgan fingerprint density at radius 1 is 1.43 bits per heavy atom. The minimum absolute atomic E-state index is 0.250. The van der Waals surface area contributed by atoms with Gasteiger partial charge in [0.1, 0.15) is 5.82 Å². The summed E-state index contributed by atoms with van der Waals surface area (Å²) >= 11 is 3.19. The van der Waals surface area contributed by atoms with E-state index in [0.29, 0.717) is 10.0 Å². The molecule has 0 aliphatic heterocycles. The molecule has 0 unspecified atom stereocenters. The molecule has 0 bridgehead atoms. The average molecular weight is 259 g/mol. The van der Waals surface area contributed by atoms with Crippen LogP contribution in [-0.2, 0) is 5.60 Å². The third-order valence-corrected chi connectivity index (χ3v) is 3.83. The molecule has 3 heteroatoms. The molecule has 1 fully saturated rings. The smallest absolute Gasteiger partial charge is 0.140 e. The predicted molar refractivity (Wildman–Crippen MR) is 56.7 cm³/mol.